The van der Waals surface area contributed by atoms with Crippen LogP contribution < -0.4 is 5.43 Å². The lowest BCUT2D eigenvalue weighted by Crippen LogP contribution is -2.43. The molecule has 0 spiro atoms. The molecule has 7 heteroatoms. The molecule has 0 saturated heterocycles. The first-order valence-electron chi connectivity index (χ1n) is 7.96. The molecule has 24 heavy (non-hydrogen) atoms. The van der Waals surface area contributed by atoms with Gasteiger partial charge >= 0.3 is 5.97 Å². The SMILES string of the molecule is C[C@H](OC(=O)C1=NNC(=O)CC1)C(=O)N1CCc2ccccc2C1. The van der Waals surface area contributed by atoms with Gasteiger partial charge in [-0.05, 0) is 24.5 Å². The third-order valence-electron chi connectivity index (χ3n) is 4.21. The maximum absolute atomic E-state index is 12.5. The Bertz CT molecular complexity index is 714. The Labute approximate surface area is 139 Å². The molecule has 2 heterocycles. The minimum absolute atomic E-state index is 0.137. The Hall–Kier alpha value is -2.70. The number of nitrogens with zero attached hydrogens (tertiary/aromatic N) is 2. The number of hydrogen-bond acceptors (Lipinski definition) is 5. The molecule has 0 unspecified atom stereocenters. The zero-order valence-electron chi connectivity index (χ0n) is 13.4. The summed E-state index contributed by atoms with van der Waals surface area (Å²) < 4.78 is 5.22. The number of rotatable bonds is 3. The van der Waals surface area contributed by atoms with E-state index in [2.05, 4.69) is 16.6 Å². The first kappa shape index (κ1) is 16.2. The number of ether oxygens (including phenoxy) is 1. The number of carbonyl (C=O) groups excluding carboxylic acids is 3. The van der Waals surface area contributed by atoms with Gasteiger partial charge in [0.2, 0.25) is 5.91 Å². The second-order valence-corrected chi connectivity index (χ2v) is 5.92. The second kappa shape index (κ2) is 6.82. The Kier molecular flexibility index (Phi) is 4.59. The predicted molar refractivity (Wildman–Crippen MR) is 85.9 cm³/mol. The van der Waals surface area contributed by atoms with E-state index in [0.29, 0.717) is 13.1 Å². The lowest BCUT2D eigenvalue weighted by Gasteiger charge is -2.30. The third kappa shape index (κ3) is 3.45. The summed E-state index contributed by atoms with van der Waals surface area (Å²) in [6.45, 7) is 2.69. The highest BCUT2D eigenvalue weighted by Crippen LogP contribution is 2.19. The van der Waals surface area contributed by atoms with Crippen molar-refractivity contribution in [2.24, 2.45) is 5.10 Å². The van der Waals surface area contributed by atoms with Crippen molar-refractivity contribution in [3.8, 4) is 0 Å². The normalized spacial score (nSPS) is 18.1. The summed E-state index contributed by atoms with van der Waals surface area (Å²) in [5.74, 6) is -1.12. The highest BCUT2D eigenvalue weighted by molar-refractivity contribution is 6.37. The van der Waals surface area contributed by atoms with Gasteiger partial charge in [0.1, 0.15) is 5.71 Å². The molecule has 1 aromatic rings. The van der Waals surface area contributed by atoms with Crippen LogP contribution in [0.25, 0.3) is 0 Å². The van der Waals surface area contributed by atoms with Crippen LogP contribution in [-0.2, 0) is 32.1 Å². The molecule has 1 N–H and O–H groups in total. The standard InChI is InChI=1S/C17H19N3O4/c1-11(24-17(23)14-6-7-15(21)19-18-14)16(22)20-9-8-12-4-2-3-5-13(12)10-20/h2-5,11H,6-10H2,1H3,(H,19,21)/t11-/m0/s1. The first-order valence-corrected chi connectivity index (χ1v) is 7.96. The van der Waals surface area contributed by atoms with E-state index in [-0.39, 0.29) is 30.4 Å². The van der Waals surface area contributed by atoms with E-state index in [1.54, 1.807) is 11.8 Å². The van der Waals surface area contributed by atoms with Crippen molar-refractivity contribution in [3.05, 3.63) is 35.4 Å². The molecule has 2 aliphatic rings. The Balaban J connectivity index is 1.59. The van der Waals surface area contributed by atoms with Crippen LogP contribution in [0.2, 0.25) is 0 Å². The van der Waals surface area contributed by atoms with E-state index in [9.17, 15) is 14.4 Å². The molecule has 2 amide bonds. The average molecular weight is 329 g/mol. The van der Waals surface area contributed by atoms with Crippen molar-refractivity contribution in [1.29, 1.82) is 0 Å². The molecule has 0 radical (unpaired) electrons. The molecule has 7 nitrogen and oxygen atoms in total. The van der Waals surface area contributed by atoms with Crippen LogP contribution in [-0.4, -0.2) is 41.0 Å². The van der Waals surface area contributed by atoms with Crippen molar-refractivity contribution in [3.63, 3.8) is 0 Å². The number of nitrogens with one attached hydrogen (secondary N) is 1. The monoisotopic (exact) mass is 329 g/mol. The van der Waals surface area contributed by atoms with Gasteiger partial charge < -0.3 is 9.64 Å². The zero-order valence-corrected chi connectivity index (χ0v) is 13.4. The summed E-state index contributed by atoms with van der Waals surface area (Å²) in [4.78, 5) is 37.3. The van der Waals surface area contributed by atoms with Crippen molar-refractivity contribution < 1.29 is 19.1 Å². The number of benzene rings is 1. The Morgan fingerprint density at radius 1 is 1.21 bits per heavy atom. The topological polar surface area (TPSA) is 88.1 Å². The number of esters is 1. The summed E-state index contributed by atoms with van der Waals surface area (Å²) in [5.41, 5.74) is 4.75. The van der Waals surface area contributed by atoms with E-state index in [4.69, 9.17) is 4.74 Å². The fraction of sp³-hybridized carbons (Fsp3) is 0.412. The van der Waals surface area contributed by atoms with Gasteiger partial charge in [-0.3, -0.25) is 9.59 Å². The van der Waals surface area contributed by atoms with Crippen LogP contribution in [0.4, 0.5) is 0 Å². The van der Waals surface area contributed by atoms with Gasteiger partial charge in [0.15, 0.2) is 6.10 Å². The fourth-order valence-electron chi connectivity index (χ4n) is 2.84. The summed E-state index contributed by atoms with van der Waals surface area (Å²) in [7, 11) is 0. The van der Waals surface area contributed by atoms with Crippen LogP contribution in [0.1, 0.15) is 30.9 Å². The van der Waals surface area contributed by atoms with Gasteiger partial charge in [-0.15, -0.1) is 0 Å². The summed E-state index contributed by atoms with van der Waals surface area (Å²) >= 11 is 0. The summed E-state index contributed by atoms with van der Waals surface area (Å²) in [5, 5.41) is 3.68. The average Bonchev–Trinajstić information content (AvgIpc) is 2.61. The molecule has 0 aliphatic carbocycles. The second-order valence-electron chi connectivity index (χ2n) is 5.92. The minimum atomic E-state index is -0.886. The van der Waals surface area contributed by atoms with E-state index < -0.39 is 12.1 Å². The number of carbonyl (C=O) groups is 3. The van der Waals surface area contributed by atoms with E-state index in [1.807, 2.05) is 18.2 Å². The highest BCUT2D eigenvalue weighted by Gasteiger charge is 2.29. The molecule has 3 rings (SSSR count). The van der Waals surface area contributed by atoms with Crippen molar-refractivity contribution >= 4 is 23.5 Å². The molecule has 0 fully saturated rings. The number of fused-ring (bicyclic) bond motifs is 1. The molecule has 0 bridgehead atoms. The molecular weight excluding hydrogens is 310 g/mol. The smallest absolute Gasteiger partial charge is 0.355 e. The largest absolute Gasteiger partial charge is 0.448 e. The van der Waals surface area contributed by atoms with Gasteiger partial charge in [0.25, 0.3) is 5.91 Å². The lowest BCUT2D eigenvalue weighted by atomic mass is 9.99. The first-order chi connectivity index (χ1) is 11.5. The maximum atomic E-state index is 12.5. The van der Waals surface area contributed by atoms with Gasteiger partial charge in [-0.25, -0.2) is 10.2 Å². The van der Waals surface area contributed by atoms with Crippen LogP contribution in [0.5, 0.6) is 0 Å². The molecule has 1 atom stereocenters. The molecule has 1 aromatic carbocycles. The zero-order chi connectivity index (χ0) is 17.1. The van der Waals surface area contributed by atoms with Gasteiger partial charge in [0, 0.05) is 25.9 Å². The van der Waals surface area contributed by atoms with E-state index >= 15 is 0 Å². The third-order valence-corrected chi connectivity index (χ3v) is 4.21. The van der Waals surface area contributed by atoms with Gasteiger partial charge in [0.05, 0.1) is 0 Å². The number of hydrogen-bond donors (Lipinski definition) is 1. The van der Waals surface area contributed by atoms with Crippen LogP contribution in [0, 0.1) is 0 Å². The van der Waals surface area contributed by atoms with Gasteiger partial charge in [-0.2, -0.15) is 5.10 Å². The van der Waals surface area contributed by atoms with Crippen LogP contribution >= 0.6 is 0 Å². The molecule has 0 aromatic heterocycles. The van der Waals surface area contributed by atoms with Crippen LogP contribution in [0.15, 0.2) is 29.4 Å². The van der Waals surface area contributed by atoms with Gasteiger partial charge in [-0.1, -0.05) is 24.3 Å². The number of amides is 2. The van der Waals surface area contributed by atoms with Crippen molar-refractivity contribution in [1.82, 2.24) is 10.3 Å². The molecule has 0 saturated carbocycles. The highest BCUT2D eigenvalue weighted by atomic mass is 16.5. The maximum Gasteiger partial charge on any atom is 0.355 e. The van der Waals surface area contributed by atoms with E-state index in [0.717, 1.165) is 12.0 Å². The molecular formula is C17H19N3O4. The number of hydrazone groups is 1. The van der Waals surface area contributed by atoms with E-state index in [1.165, 1.54) is 5.56 Å². The summed E-state index contributed by atoms with van der Waals surface area (Å²) in [6.07, 6.45) is 0.325. The van der Waals surface area contributed by atoms with Crippen LogP contribution in [0.3, 0.4) is 0 Å². The van der Waals surface area contributed by atoms with Crippen molar-refractivity contribution in [2.75, 3.05) is 6.54 Å². The molecule has 126 valence electrons. The fourth-order valence-corrected chi connectivity index (χ4v) is 2.84. The predicted octanol–water partition coefficient (Wildman–Crippen LogP) is 0.769. The lowest BCUT2D eigenvalue weighted by molar-refractivity contribution is -0.154. The Morgan fingerprint density at radius 2 is 1.96 bits per heavy atom. The summed E-state index contributed by atoms with van der Waals surface area (Å²) in [6, 6.07) is 8.01. The quantitative estimate of drug-likeness (QED) is 0.830. The minimum Gasteiger partial charge on any atom is -0.448 e. The van der Waals surface area contributed by atoms with Crippen molar-refractivity contribution in [2.45, 2.75) is 38.8 Å². The Morgan fingerprint density at radius 3 is 2.67 bits per heavy atom. The molecule has 2 aliphatic heterocycles.